The van der Waals surface area contributed by atoms with E-state index in [1.807, 2.05) is 0 Å². The molecule has 1 saturated heterocycles. The number of amides is 1. The average molecular weight is 281 g/mol. The molecule has 0 aliphatic carbocycles. The first-order valence-corrected chi connectivity index (χ1v) is 7.29. The molecule has 0 unspecified atom stereocenters. The first kappa shape index (κ1) is 15.5. The molecule has 0 aromatic rings. The van der Waals surface area contributed by atoms with Crippen LogP contribution >= 0.6 is 11.8 Å². The van der Waals surface area contributed by atoms with Gasteiger partial charge in [0.2, 0.25) is 0 Å². The molecule has 0 saturated carbocycles. The highest BCUT2D eigenvalue weighted by Crippen LogP contribution is 2.40. The second-order valence-electron chi connectivity index (χ2n) is 5.51. The fourth-order valence-electron chi connectivity index (χ4n) is 1.89. The Kier molecular flexibility index (Phi) is 4.86. The lowest BCUT2D eigenvalue weighted by Crippen LogP contribution is -2.44. The summed E-state index contributed by atoms with van der Waals surface area (Å²) < 4.78 is 32.2. The lowest BCUT2D eigenvalue weighted by molar-refractivity contribution is -0.0122. The van der Waals surface area contributed by atoms with Crippen LogP contribution in [-0.2, 0) is 4.74 Å². The summed E-state index contributed by atoms with van der Waals surface area (Å²) >= 11 is 0.585. The number of alkyl halides is 2. The smallest absolute Gasteiger partial charge is 0.410 e. The van der Waals surface area contributed by atoms with Crippen molar-refractivity contribution in [3.63, 3.8) is 0 Å². The van der Waals surface area contributed by atoms with Crippen LogP contribution in [0.15, 0.2) is 0 Å². The van der Waals surface area contributed by atoms with Crippen LogP contribution in [-0.4, -0.2) is 41.2 Å². The fourth-order valence-corrected chi connectivity index (χ4v) is 2.46. The second kappa shape index (κ2) is 5.63. The van der Waals surface area contributed by atoms with Crippen LogP contribution in [0.5, 0.6) is 0 Å². The highest BCUT2D eigenvalue weighted by atomic mass is 32.2. The summed E-state index contributed by atoms with van der Waals surface area (Å²) in [7, 11) is 0. The van der Waals surface area contributed by atoms with E-state index in [2.05, 4.69) is 0 Å². The minimum atomic E-state index is -2.69. The van der Waals surface area contributed by atoms with Gasteiger partial charge in [-0.15, -0.1) is 0 Å². The van der Waals surface area contributed by atoms with Crippen LogP contribution in [0.2, 0.25) is 0 Å². The van der Waals surface area contributed by atoms with Gasteiger partial charge in [0.25, 0.3) is 5.25 Å². The summed E-state index contributed by atoms with van der Waals surface area (Å²) in [5.74, 6) is -0.647. The van der Waals surface area contributed by atoms with Crippen molar-refractivity contribution in [2.45, 2.75) is 44.5 Å². The molecule has 1 amide bonds. The summed E-state index contributed by atoms with van der Waals surface area (Å²) in [6, 6.07) is 0. The summed E-state index contributed by atoms with van der Waals surface area (Å²) in [6.45, 7) is 6.06. The van der Waals surface area contributed by atoms with Gasteiger partial charge >= 0.3 is 6.09 Å². The van der Waals surface area contributed by atoms with Gasteiger partial charge in [-0.05, 0) is 39.9 Å². The van der Waals surface area contributed by atoms with Crippen molar-refractivity contribution in [3.05, 3.63) is 0 Å². The number of piperidine rings is 1. The molecule has 1 aliphatic rings. The lowest BCUT2D eigenvalue weighted by atomic mass is 9.97. The maximum Gasteiger partial charge on any atom is 0.410 e. The molecule has 0 bridgehead atoms. The van der Waals surface area contributed by atoms with E-state index in [0.717, 1.165) is 0 Å². The van der Waals surface area contributed by atoms with Crippen molar-refractivity contribution >= 4 is 17.9 Å². The van der Waals surface area contributed by atoms with Crippen LogP contribution in [0, 0.1) is 5.92 Å². The topological polar surface area (TPSA) is 29.5 Å². The number of halogens is 2. The van der Waals surface area contributed by atoms with Crippen LogP contribution in [0.3, 0.4) is 0 Å². The summed E-state index contributed by atoms with van der Waals surface area (Å²) in [5.41, 5.74) is -0.545. The molecule has 0 N–H and O–H groups in total. The Morgan fingerprint density at radius 1 is 1.28 bits per heavy atom. The molecule has 0 aromatic carbocycles. The Hall–Kier alpha value is -0.520. The normalized spacial score (nSPS) is 18.9. The number of rotatable bonds is 2. The first-order chi connectivity index (χ1) is 8.15. The monoisotopic (exact) mass is 281 g/mol. The van der Waals surface area contributed by atoms with Gasteiger partial charge in [0, 0.05) is 19.0 Å². The van der Waals surface area contributed by atoms with Gasteiger partial charge in [0.05, 0.1) is 0 Å². The third kappa shape index (κ3) is 4.30. The Bertz CT molecular complexity index is 297. The molecule has 1 rings (SSSR count). The zero-order valence-electron chi connectivity index (χ0n) is 11.3. The molecule has 0 radical (unpaired) electrons. The summed E-state index contributed by atoms with van der Waals surface area (Å²) in [4.78, 5) is 13.3. The van der Waals surface area contributed by atoms with Gasteiger partial charge in [0.15, 0.2) is 0 Å². The van der Waals surface area contributed by atoms with Crippen molar-refractivity contribution in [1.82, 2.24) is 4.90 Å². The largest absolute Gasteiger partial charge is 0.444 e. The van der Waals surface area contributed by atoms with Crippen LogP contribution in [0.25, 0.3) is 0 Å². The van der Waals surface area contributed by atoms with E-state index in [1.165, 1.54) is 11.2 Å². The van der Waals surface area contributed by atoms with Gasteiger partial charge < -0.3 is 9.64 Å². The Morgan fingerprint density at radius 2 is 1.78 bits per heavy atom. The minimum Gasteiger partial charge on any atom is -0.444 e. The molecule has 1 aliphatic heterocycles. The van der Waals surface area contributed by atoms with E-state index in [1.54, 1.807) is 20.8 Å². The Morgan fingerprint density at radius 3 is 2.17 bits per heavy atom. The van der Waals surface area contributed by atoms with Crippen molar-refractivity contribution in [2.75, 3.05) is 19.3 Å². The number of likely N-dealkylation sites (tertiary alicyclic amines) is 1. The second-order valence-corrected chi connectivity index (χ2v) is 6.46. The molecule has 1 fully saturated rings. The van der Waals surface area contributed by atoms with Crippen molar-refractivity contribution in [2.24, 2.45) is 5.92 Å². The predicted octanol–water partition coefficient (Wildman–Crippen LogP) is 3.59. The Labute approximate surface area is 111 Å². The number of hydrogen-bond acceptors (Lipinski definition) is 3. The van der Waals surface area contributed by atoms with Crippen molar-refractivity contribution in [1.29, 1.82) is 0 Å². The van der Waals surface area contributed by atoms with Gasteiger partial charge in [0.1, 0.15) is 5.60 Å². The highest BCUT2D eigenvalue weighted by molar-refractivity contribution is 7.99. The summed E-state index contributed by atoms with van der Waals surface area (Å²) in [5, 5.41) is -2.69. The Balaban J connectivity index is 2.47. The predicted molar refractivity (Wildman–Crippen MR) is 69.0 cm³/mol. The molecule has 0 spiro atoms. The van der Waals surface area contributed by atoms with Crippen LogP contribution < -0.4 is 0 Å². The number of carbonyl (C=O) groups is 1. The lowest BCUT2D eigenvalue weighted by Gasteiger charge is -2.35. The van der Waals surface area contributed by atoms with Crippen LogP contribution in [0.1, 0.15) is 33.6 Å². The third-order valence-electron chi connectivity index (χ3n) is 2.89. The average Bonchev–Trinajstić information content (AvgIpc) is 2.27. The van der Waals surface area contributed by atoms with E-state index in [-0.39, 0.29) is 0 Å². The SMILES string of the molecule is CSC(F)(F)C1CCN(C(=O)OC(C)(C)C)CC1. The number of ether oxygens (including phenoxy) is 1. The molecule has 18 heavy (non-hydrogen) atoms. The van der Waals surface area contributed by atoms with Crippen molar-refractivity contribution in [3.8, 4) is 0 Å². The zero-order chi connectivity index (χ0) is 14.0. The molecular weight excluding hydrogens is 260 g/mol. The molecular formula is C12H21F2NO2S. The zero-order valence-corrected chi connectivity index (χ0v) is 12.2. The third-order valence-corrected chi connectivity index (χ3v) is 3.77. The molecule has 6 heteroatoms. The molecule has 0 aromatic heterocycles. The van der Waals surface area contributed by atoms with Gasteiger partial charge in [-0.1, -0.05) is 11.8 Å². The van der Waals surface area contributed by atoms with E-state index in [9.17, 15) is 13.6 Å². The highest BCUT2D eigenvalue weighted by Gasteiger charge is 2.41. The quantitative estimate of drug-likeness (QED) is 0.774. The first-order valence-electron chi connectivity index (χ1n) is 6.06. The molecule has 1 heterocycles. The number of carbonyl (C=O) groups excluding carboxylic acids is 1. The number of hydrogen-bond donors (Lipinski definition) is 0. The number of nitrogens with zero attached hydrogens (tertiary/aromatic N) is 1. The van der Waals surface area contributed by atoms with E-state index in [4.69, 9.17) is 4.74 Å². The molecule has 3 nitrogen and oxygen atoms in total. The fraction of sp³-hybridized carbons (Fsp3) is 0.917. The van der Waals surface area contributed by atoms with E-state index in [0.29, 0.717) is 37.7 Å². The number of thioether (sulfide) groups is 1. The van der Waals surface area contributed by atoms with Gasteiger partial charge in [-0.25, -0.2) is 4.79 Å². The van der Waals surface area contributed by atoms with Crippen molar-refractivity contribution < 1.29 is 18.3 Å². The van der Waals surface area contributed by atoms with E-state index >= 15 is 0 Å². The molecule has 0 atom stereocenters. The maximum absolute atomic E-state index is 13.5. The van der Waals surface area contributed by atoms with Gasteiger partial charge in [-0.3, -0.25) is 0 Å². The van der Waals surface area contributed by atoms with Gasteiger partial charge in [-0.2, -0.15) is 8.78 Å². The minimum absolute atomic E-state index is 0.326. The van der Waals surface area contributed by atoms with E-state index < -0.39 is 22.9 Å². The van der Waals surface area contributed by atoms with Crippen LogP contribution in [0.4, 0.5) is 13.6 Å². The summed E-state index contributed by atoms with van der Waals surface area (Å²) in [6.07, 6.45) is 1.66. The molecule has 106 valence electrons. The standard InChI is InChI=1S/C12H21F2NO2S/c1-11(2,3)17-10(16)15-7-5-9(6-8-15)12(13,14)18-4/h9H,5-8H2,1-4H3. The maximum atomic E-state index is 13.5.